The molecule has 1 fully saturated rings. The fraction of sp³-hybridized carbons (Fsp3) is 0.462. The van der Waals surface area contributed by atoms with Gasteiger partial charge in [-0.25, -0.2) is 4.79 Å². The van der Waals surface area contributed by atoms with Gasteiger partial charge in [-0.05, 0) is 19.1 Å². The smallest absolute Gasteiger partial charge is 0.335 e. The van der Waals surface area contributed by atoms with Crippen LogP contribution in [0.25, 0.3) is 0 Å². The van der Waals surface area contributed by atoms with Crippen molar-refractivity contribution in [2.24, 2.45) is 0 Å². The average molecular weight is 251 g/mol. The topological polar surface area (TPSA) is 70.0 Å². The quantitative estimate of drug-likeness (QED) is 0.825. The van der Waals surface area contributed by atoms with Crippen LogP contribution in [0.2, 0.25) is 0 Å². The number of anilines is 1. The standard InChI is InChI=1S/C13H17NO4/c1-9-2-4-10(5-3-9)14-6-7-18-11(8-14)12(15)13(16)17/h2-5,11-12,15H,6-8H2,1H3,(H,16,17). The Labute approximate surface area is 106 Å². The summed E-state index contributed by atoms with van der Waals surface area (Å²) in [6.45, 7) is 3.52. The van der Waals surface area contributed by atoms with E-state index in [4.69, 9.17) is 9.84 Å². The molecule has 0 amide bonds. The van der Waals surface area contributed by atoms with Gasteiger partial charge in [-0.3, -0.25) is 0 Å². The average Bonchev–Trinajstić information content (AvgIpc) is 2.38. The Balaban J connectivity index is 2.06. The van der Waals surface area contributed by atoms with Gasteiger partial charge in [0, 0.05) is 18.8 Å². The number of carboxylic acid groups (broad SMARTS) is 1. The van der Waals surface area contributed by atoms with Crippen LogP contribution in [0.4, 0.5) is 5.69 Å². The zero-order valence-electron chi connectivity index (χ0n) is 10.2. The molecular weight excluding hydrogens is 234 g/mol. The lowest BCUT2D eigenvalue weighted by Gasteiger charge is -2.35. The highest BCUT2D eigenvalue weighted by atomic mass is 16.5. The Morgan fingerprint density at radius 3 is 2.72 bits per heavy atom. The highest BCUT2D eigenvalue weighted by Crippen LogP contribution is 2.19. The van der Waals surface area contributed by atoms with Crippen molar-refractivity contribution in [3.8, 4) is 0 Å². The molecule has 0 aromatic heterocycles. The molecule has 2 rings (SSSR count). The Morgan fingerprint density at radius 2 is 2.11 bits per heavy atom. The normalized spacial score (nSPS) is 21.7. The SMILES string of the molecule is Cc1ccc(N2CCOC(C(O)C(=O)O)C2)cc1. The third-order valence-corrected chi connectivity index (χ3v) is 3.10. The first-order valence-corrected chi connectivity index (χ1v) is 5.92. The molecule has 0 saturated carbocycles. The number of benzene rings is 1. The maximum absolute atomic E-state index is 10.7. The van der Waals surface area contributed by atoms with Crippen molar-refractivity contribution >= 4 is 11.7 Å². The van der Waals surface area contributed by atoms with E-state index in [1.807, 2.05) is 36.1 Å². The zero-order valence-corrected chi connectivity index (χ0v) is 10.2. The number of morpholine rings is 1. The minimum atomic E-state index is -1.47. The van der Waals surface area contributed by atoms with Gasteiger partial charge >= 0.3 is 5.97 Å². The van der Waals surface area contributed by atoms with Crippen LogP contribution in [0.1, 0.15) is 5.56 Å². The molecule has 2 atom stereocenters. The van der Waals surface area contributed by atoms with E-state index in [1.54, 1.807) is 0 Å². The molecule has 2 unspecified atom stereocenters. The van der Waals surface area contributed by atoms with Gasteiger partial charge in [0.2, 0.25) is 0 Å². The number of aryl methyl sites for hydroxylation is 1. The monoisotopic (exact) mass is 251 g/mol. The van der Waals surface area contributed by atoms with Crippen molar-refractivity contribution in [2.75, 3.05) is 24.6 Å². The molecule has 1 aliphatic rings. The number of nitrogens with zero attached hydrogens (tertiary/aromatic N) is 1. The lowest BCUT2D eigenvalue weighted by molar-refractivity contribution is -0.156. The molecule has 5 heteroatoms. The Hall–Kier alpha value is -1.59. The number of aliphatic hydroxyl groups is 1. The third-order valence-electron chi connectivity index (χ3n) is 3.10. The predicted octanol–water partition coefficient (Wildman–Crippen LogP) is 0.646. The molecule has 1 aromatic rings. The van der Waals surface area contributed by atoms with Gasteiger partial charge in [-0.15, -0.1) is 0 Å². The highest BCUT2D eigenvalue weighted by Gasteiger charge is 2.31. The summed E-state index contributed by atoms with van der Waals surface area (Å²) in [6.07, 6.45) is -2.16. The van der Waals surface area contributed by atoms with Crippen LogP contribution in [0, 0.1) is 6.92 Å². The van der Waals surface area contributed by atoms with Crippen LogP contribution in [-0.2, 0) is 9.53 Å². The maximum Gasteiger partial charge on any atom is 0.335 e. The highest BCUT2D eigenvalue weighted by molar-refractivity contribution is 5.73. The minimum absolute atomic E-state index is 0.385. The van der Waals surface area contributed by atoms with Crippen molar-refractivity contribution in [1.82, 2.24) is 0 Å². The van der Waals surface area contributed by atoms with Gasteiger partial charge in [0.1, 0.15) is 6.10 Å². The molecule has 0 aliphatic carbocycles. The number of ether oxygens (including phenoxy) is 1. The van der Waals surface area contributed by atoms with Gasteiger partial charge in [0.05, 0.1) is 6.61 Å². The van der Waals surface area contributed by atoms with Crippen LogP contribution in [0.3, 0.4) is 0 Å². The number of rotatable bonds is 3. The van der Waals surface area contributed by atoms with Crippen LogP contribution >= 0.6 is 0 Å². The van der Waals surface area contributed by atoms with Crippen LogP contribution in [0.15, 0.2) is 24.3 Å². The fourth-order valence-electron chi connectivity index (χ4n) is 2.02. The molecule has 18 heavy (non-hydrogen) atoms. The number of carbonyl (C=O) groups is 1. The summed E-state index contributed by atoms with van der Waals surface area (Å²) >= 11 is 0. The Bertz CT molecular complexity index is 418. The first kappa shape index (κ1) is 12.9. The van der Waals surface area contributed by atoms with Crippen molar-refractivity contribution < 1.29 is 19.7 Å². The van der Waals surface area contributed by atoms with Gasteiger partial charge in [-0.2, -0.15) is 0 Å². The molecule has 0 bridgehead atoms. The third kappa shape index (κ3) is 2.80. The Morgan fingerprint density at radius 1 is 1.44 bits per heavy atom. The number of aliphatic carboxylic acids is 1. The van der Waals surface area contributed by atoms with Crippen molar-refractivity contribution in [2.45, 2.75) is 19.1 Å². The summed E-state index contributed by atoms with van der Waals surface area (Å²) in [6, 6.07) is 8.00. The van der Waals surface area contributed by atoms with Crippen LogP contribution in [0.5, 0.6) is 0 Å². The molecule has 1 aliphatic heterocycles. The molecular formula is C13H17NO4. The molecule has 1 saturated heterocycles. The second-order valence-electron chi connectivity index (χ2n) is 4.47. The van der Waals surface area contributed by atoms with Gasteiger partial charge in [0.25, 0.3) is 0 Å². The van der Waals surface area contributed by atoms with Crippen molar-refractivity contribution in [3.05, 3.63) is 29.8 Å². The van der Waals surface area contributed by atoms with Crippen molar-refractivity contribution in [3.63, 3.8) is 0 Å². The summed E-state index contributed by atoms with van der Waals surface area (Å²) < 4.78 is 5.30. The summed E-state index contributed by atoms with van der Waals surface area (Å²) in [5.74, 6) is -1.24. The maximum atomic E-state index is 10.7. The molecule has 0 spiro atoms. The van der Waals surface area contributed by atoms with Crippen LogP contribution in [-0.4, -0.2) is 48.1 Å². The lowest BCUT2D eigenvalue weighted by atomic mass is 10.1. The molecule has 1 aromatic carbocycles. The molecule has 2 N–H and O–H groups in total. The summed E-state index contributed by atoms with van der Waals surface area (Å²) in [5, 5.41) is 18.3. The number of hydrogen-bond acceptors (Lipinski definition) is 4. The molecule has 1 heterocycles. The second-order valence-corrected chi connectivity index (χ2v) is 4.47. The Kier molecular flexibility index (Phi) is 3.84. The minimum Gasteiger partial charge on any atom is -0.479 e. The zero-order chi connectivity index (χ0) is 13.1. The number of carboxylic acids is 1. The molecule has 0 radical (unpaired) electrons. The summed E-state index contributed by atoms with van der Waals surface area (Å²) in [5.41, 5.74) is 2.20. The van der Waals surface area contributed by atoms with E-state index in [0.717, 1.165) is 5.69 Å². The second kappa shape index (κ2) is 5.37. The summed E-state index contributed by atoms with van der Waals surface area (Å²) in [7, 11) is 0. The van der Waals surface area contributed by atoms with E-state index in [9.17, 15) is 9.90 Å². The lowest BCUT2D eigenvalue weighted by Crippen LogP contribution is -2.50. The van der Waals surface area contributed by atoms with E-state index < -0.39 is 18.2 Å². The van der Waals surface area contributed by atoms with Gasteiger partial charge < -0.3 is 19.8 Å². The fourth-order valence-corrected chi connectivity index (χ4v) is 2.02. The van der Waals surface area contributed by atoms with E-state index >= 15 is 0 Å². The van der Waals surface area contributed by atoms with E-state index in [0.29, 0.717) is 19.7 Å². The molecule has 98 valence electrons. The van der Waals surface area contributed by atoms with Crippen LogP contribution < -0.4 is 4.90 Å². The number of aliphatic hydroxyl groups excluding tert-OH is 1. The predicted molar refractivity (Wildman–Crippen MR) is 66.8 cm³/mol. The number of hydrogen-bond donors (Lipinski definition) is 2. The van der Waals surface area contributed by atoms with E-state index in [2.05, 4.69) is 0 Å². The summed E-state index contributed by atoms with van der Waals surface area (Å²) in [4.78, 5) is 12.8. The van der Waals surface area contributed by atoms with Crippen molar-refractivity contribution in [1.29, 1.82) is 0 Å². The van der Waals surface area contributed by atoms with E-state index in [1.165, 1.54) is 5.56 Å². The first-order chi connectivity index (χ1) is 8.58. The molecule has 5 nitrogen and oxygen atoms in total. The van der Waals surface area contributed by atoms with Gasteiger partial charge in [-0.1, -0.05) is 17.7 Å². The first-order valence-electron chi connectivity index (χ1n) is 5.92. The van der Waals surface area contributed by atoms with E-state index in [-0.39, 0.29) is 0 Å². The van der Waals surface area contributed by atoms with Gasteiger partial charge in [0.15, 0.2) is 6.10 Å². The largest absolute Gasteiger partial charge is 0.479 e.